The summed E-state index contributed by atoms with van der Waals surface area (Å²) in [5.41, 5.74) is 1.74. The Kier molecular flexibility index (Phi) is 3.43. The molecule has 0 spiro atoms. The van der Waals surface area contributed by atoms with Crippen LogP contribution in [0.5, 0.6) is 5.75 Å². The van der Waals surface area contributed by atoms with Crippen molar-refractivity contribution in [3.8, 4) is 11.8 Å². The van der Waals surface area contributed by atoms with Crippen LogP contribution in [0.25, 0.3) is 0 Å². The Hall–Kier alpha value is -1.53. The first-order valence-electron chi connectivity index (χ1n) is 5.61. The summed E-state index contributed by atoms with van der Waals surface area (Å²) < 4.78 is 5.27. The summed E-state index contributed by atoms with van der Waals surface area (Å²) in [4.78, 5) is 0. The number of benzene rings is 1. The van der Waals surface area contributed by atoms with Gasteiger partial charge in [-0.2, -0.15) is 5.26 Å². The monoisotopic (exact) mass is 216 g/mol. The zero-order valence-corrected chi connectivity index (χ0v) is 9.49. The molecule has 1 fully saturated rings. The van der Waals surface area contributed by atoms with E-state index in [-0.39, 0.29) is 0 Å². The van der Waals surface area contributed by atoms with Crippen LogP contribution in [-0.4, -0.2) is 13.7 Å². The molecule has 2 rings (SSSR count). The van der Waals surface area contributed by atoms with Crippen molar-refractivity contribution in [3.63, 3.8) is 0 Å². The Morgan fingerprint density at radius 2 is 2.31 bits per heavy atom. The van der Waals surface area contributed by atoms with E-state index in [0.717, 1.165) is 30.3 Å². The summed E-state index contributed by atoms with van der Waals surface area (Å²) in [5.74, 6) is 1.72. The van der Waals surface area contributed by atoms with Crippen LogP contribution >= 0.6 is 0 Å². The highest BCUT2D eigenvalue weighted by atomic mass is 16.5. The molecular formula is C13H16N2O. The fraction of sp³-hybridized carbons (Fsp3) is 0.462. The Bertz CT molecular complexity index is 405. The lowest BCUT2D eigenvalue weighted by molar-refractivity contribution is 0.407. The molecule has 0 aliphatic heterocycles. The molecule has 1 aromatic rings. The molecule has 3 heteroatoms. The fourth-order valence-corrected chi connectivity index (χ4v) is 1.72. The Labute approximate surface area is 96.0 Å². The minimum atomic E-state index is 0.684. The molecule has 0 aromatic heterocycles. The first-order chi connectivity index (χ1) is 7.83. The third-order valence-corrected chi connectivity index (χ3v) is 2.85. The quantitative estimate of drug-likeness (QED) is 0.819. The van der Waals surface area contributed by atoms with Crippen molar-refractivity contribution in [3.05, 3.63) is 29.3 Å². The molecule has 1 aromatic carbocycles. The minimum Gasteiger partial charge on any atom is -0.496 e. The fourth-order valence-electron chi connectivity index (χ4n) is 1.72. The lowest BCUT2D eigenvalue weighted by Gasteiger charge is -2.09. The van der Waals surface area contributed by atoms with Gasteiger partial charge in [0.1, 0.15) is 5.75 Å². The summed E-state index contributed by atoms with van der Waals surface area (Å²) in [6.07, 6.45) is 2.70. The van der Waals surface area contributed by atoms with Gasteiger partial charge in [0.05, 0.1) is 18.7 Å². The molecule has 0 amide bonds. The number of nitrogens with one attached hydrogen (secondary N) is 1. The van der Waals surface area contributed by atoms with E-state index in [0.29, 0.717) is 5.56 Å². The smallest absolute Gasteiger partial charge is 0.123 e. The summed E-state index contributed by atoms with van der Waals surface area (Å²) in [6, 6.07) is 7.67. The Balaban J connectivity index is 2.00. The topological polar surface area (TPSA) is 45.0 Å². The molecule has 0 atom stereocenters. The van der Waals surface area contributed by atoms with Gasteiger partial charge in [0.25, 0.3) is 0 Å². The molecule has 1 aliphatic rings. The Morgan fingerprint density at radius 3 is 2.94 bits per heavy atom. The van der Waals surface area contributed by atoms with E-state index in [1.807, 2.05) is 12.1 Å². The van der Waals surface area contributed by atoms with Crippen LogP contribution < -0.4 is 10.1 Å². The van der Waals surface area contributed by atoms with Crippen LogP contribution in [0.2, 0.25) is 0 Å². The van der Waals surface area contributed by atoms with E-state index in [4.69, 9.17) is 10.00 Å². The summed E-state index contributed by atoms with van der Waals surface area (Å²) in [5, 5.41) is 12.2. The predicted molar refractivity (Wildman–Crippen MR) is 62.1 cm³/mol. The van der Waals surface area contributed by atoms with Gasteiger partial charge in [0, 0.05) is 12.1 Å². The standard InChI is InChI=1S/C13H16N2O/c1-16-13-5-4-11(7-14)6-12(13)9-15-8-10-2-3-10/h4-6,10,15H,2-3,8-9H2,1H3. The number of hydrogen-bond acceptors (Lipinski definition) is 3. The summed E-state index contributed by atoms with van der Waals surface area (Å²) in [6.45, 7) is 1.84. The number of nitrogens with zero attached hydrogens (tertiary/aromatic N) is 1. The maximum Gasteiger partial charge on any atom is 0.123 e. The SMILES string of the molecule is COc1ccc(C#N)cc1CNCC1CC1. The highest BCUT2D eigenvalue weighted by Gasteiger charge is 2.20. The molecule has 1 aliphatic carbocycles. The second-order valence-corrected chi connectivity index (χ2v) is 4.21. The van der Waals surface area contributed by atoms with E-state index in [2.05, 4.69) is 11.4 Å². The molecule has 0 heterocycles. The van der Waals surface area contributed by atoms with E-state index in [1.54, 1.807) is 13.2 Å². The first kappa shape index (κ1) is 11.0. The largest absolute Gasteiger partial charge is 0.496 e. The van der Waals surface area contributed by atoms with Gasteiger partial charge in [-0.05, 0) is 43.5 Å². The average Bonchev–Trinajstić information content (AvgIpc) is 3.13. The predicted octanol–water partition coefficient (Wildman–Crippen LogP) is 2.07. The minimum absolute atomic E-state index is 0.684. The highest BCUT2D eigenvalue weighted by molar-refractivity contribution is 5.41. The van der Waals surface area contributed by atoms with Crippen molar-refractivity contribution in [2.45, 2.75) is 19.4 Å². The molecule has 16 heavy (non-hydrogen) atoms. The van der Waals surface area contributed by atoms with E-state index >= 15 is 0 Å². The summed E-state index contributed by atoms with van der Waals surface area (Å²) >= 11 is 0. The molecular weight excluding hydrogens is 200 g/mol. The molecule has 84 valence electrons. The second kappa shape index (κ2) is 5.00. The maximum absolute atomic E-state index is 8.84. The average molecular weight is 216 g/mol. The lowest BCUT2D eigenvalue weighted by Crippen LogP contribution is -2.16. The van der Waals surface area contributed by atoms with Crippen molar-refractivity contribution in [2.75, 3.05) is 13.7 Å². The van der Waals surface area contributed by atoms with Gasteiger partial charge in [-0.1, -0.05) is 0 Å². The van der Waals surface area contributed by atoms with Crippen LogP contribution in [0, 0.1) is 17.2 Å². The van der Waals surface area contributed by atoms with Crippen molar-refractivity contribution in [1.29, 1.82) is 5.26 Å². The molecule has 0 unspecified atom stereocenters. The zero-order chi connectivity index (χ0) is 11.4. The molecule has 1 saturated carbocycles. The second-order valence-electron chi connectivity index (χ2n) is 4.21. The normalized spacial score (nSPS) is 14.5. The third kappa shape index (κ3) is 2.74. The van der Waals surface area contributed by atoms with Gasteiger partial charge >= 0.3 is 0 Å². The number of ether oxygens (including phenoxy) is 1. The van der Waals surface area contributed by atoms with E-state index < -0.39 is 0 Å². The number of rotatable bonds is 5. The van der Waals surface area contributed by atoms with Crippen LogP contribution in [0.3, 0.4) is 0 Å². The van der Waals surface area contributed by atoms with Crippen molar-refractivity contribution in [2.24, 2.45) is 5.92 Å². The van der Waals surface area contributed by atoms with Gasteiger partial charge in [-0.3, -0.25) is 0 Å². The first-order valence-corrected chi connectivity index (χ1v) is 5.61. The van der Waals surface area contributed by atoms with Crippen molar-refractivity contribution in [1.82, 2.24) is 5.32 Å². The Morgan fingerprint density at radius 1 is 1.50 bits per heavy atom. The number of methoxy groups -OCH3 is 1. The van der Waals surface area contributed by atoms with Gasteiger partial charge in [0.15, 0.2) is 0 Å². The molecule has 0 bridgehead atoms. The van der Waals surface area contributed by atoms with E-state index in [9.17, 15) is 0 Å². The zero-order valence-electron chi connectivity index (χ0n) is 9.49. The summed E-state index contributed by atoms with van der Waals surface area (Å²) in [7, 11) is 1.66. The van der Waals surface area contributed by atoms with Gasteiger partial charge < -0.3 is 10.1 Å². The van der Waals surface area contributed by atoms with Gasteiger partial charge in [-0.25, -0.2) is 0 Å². The third-order valence-electron chi connectivity index (χ3n) is 2.85. The van der Waals surface area contributed by atoms with Crippen LogP contribution in [-0.2, 0) is 6.54 Å². The lowest BCUT2D eigenvalue weighted by atomic mass is 10.1. The van der Waals surface area contributed by atoms with Crippen LogP contribution in [0.15, 0.2) is 18.2 Å². The molecule has 0 saturated heterocycles. The van der Waals surface area contributed by atoms with E-state index in [1.165, 1.54) is 12.8 Å². The maximum atomic E-state index is 8.84. The van der Waals surface area contributed by atoms with Crippen LogP contribution in [0.1, 0.15) is 24.0 Å². The highest BCUT2D eigenvalue weighted by Crippen LogP contribution is 2.28. The van der Waals surface area contributed by atoms with Crippen molar-refractivity contribution < 1.29 is 4.74 Å². The number of hydrogen-bond donors (Lipinski definition) is 1. The molecule has 0 radical (unpaired) electrons. The van der Waals surface area contributed by atoms with Gasteiger partial charge in [0.2, 0.25) is 0 Å². The molecule has 1 N–H and O–H groups in total. The van der Waals surface area contributed by atoms with Crippen LogP contribution in [0.4, 0.5) is 0 Å². The number of nitriles is 1. The van der Waals surface area contributed by atoms with Crippen molar-refractivity contribution >= 4 is 0 Å². The van der Waals surface area contributed by atoms with Gasteiger partial charge in [-0.15, -0.1) is 0 Å². The molecule has 3 nitrogen and oxygen atoms in total.